The van der Waals surface area contributed by atoms with Crippen LogP contribution in [0, 0.1) is 0 Å². The van der Waals surface area contributed by atoms with Crippen molar-refractivity contribution in [2.45, 2.75) is 13.0 Å². The molecule has 0 bridgehead atoms. The number of aromatic nitrogens is 1. The molecular weight excluding hydrogens is 384 g/mol. The number of amides is 1. The van der Waals surface area contributed by atoms with Gasteiger partial charge in [0.1, 0.15) is 11.3 Å². The number of fused-ring (bicyclic) bond motifs is 1. The summed E-state index contributed by atoms with van der Waals surface area (Å²) in [6.45, 7) is 1.46. The molecule has 144 valence electrons. The van der Waals surface area contributed by atoms with E-state index in [0.717, 1.165) is 6.08 Å². The quantitative estimate of drug-likeness (QED) is 0.495. The Balaban J connectivity index is 1.57. The van der Waals surface area contributed by atoms with Gasteiger partial charge in [0.15, 0.2) is 11.7 Å². The zero-order valence-electron chi connectivity index (χ0n) is 15.1. The number of nitrogens with one attached hydrogen (secondary N) is 1. The number of anilines is 1. The number of ether oxygens (including phenoxy) is 2. The Morgan fingerprint density at radius 1 is 1.25 bits per heavy atom. The van der Waals surface area contributed by atoms with Crippen LogP contribution in [-0.4, -0.2) is 30.1 Å². The Hall–Kier alpha value is -3.32. The molecule has 3 rings (SSSR count). The van der Waals surface area contributed by atoms with Crippen LogP contribution in [0.15, 0.2) is 53.0 Å². The van der Waals surface area contributed by atoms with E-state index in [1.54, 1.807) is 30.3 Å². The fourth-order valence-corrected chi connectivity index (χ4v) is 2.61. The second-order valence-corrected chi connectivity index (χ2v) is 6.18. The third-order valence-corrected chi connectivity index (χ3v) is 4.05. The molecule has 1 N–H and O–H groups in total. The van der Waals surface area contributed by atoms with Crippen LogP contribution in [0.4, 0.5) is 5.69 Å². The summed E-state index contributed by atoms with van der Waals surface area (Å²) in [7, 11) is 1.50. The molecule has 0 unspecified atom stereocenters. The largest absolute Gasteiger partial charge is 0.495 e. The molecule has 28 heavy (non-hydrogen) atoms. The summed E-state index contributed by atoms with van der Waals surface area (Å²) < 4.78 is 15.6. The number of hydrogen-bond acceptors (Lipinski definition) is 6. The van der Waals surface area contributed by atoms with Crippen molar-refractivity contribution in [3.63, 3.8) is 0 Å². The Labute approximate surface area is 165 Å². The predicted molar refractivity (Wildman–Crippen MR) is 105 cm³/mol. The Morgan fingerprint density at radius 3 is 2.75 bits per heavy atom. The number of carbonyl (C=O) groups is 2. The molecule has 1 amide bonds. The predicted octanol–water partition coefficient (Wildman–Crippen LogP) is 4.07. The zero-order valence-corrected chi connectivity index (χ0v) is 15.9. The lowest BCUT2D eigenvalue weighted by molar-refractivity contribution is -0.148. The number of nitrogens with zero attached hydrogens (tertiary/aromatic N) is 1. The minimum atomic E-state index is -1.01. The molecular formula is C20H17ClN2O5. The molecule has 0 radical (unpaired) electrons. The van der Waals surface area contributed by atoms with Crippen LogP contribution in [0.5, 0.6) is 5.75 Å². The highest BCUT2D eigenvalue weighted by Crippen LogP contribution is 2.27. The van der Waals surface area contributed by atoms with E-state index in [0.29, 0.717) is 27.6 Å². The molecule has 7 nitrogen and oxygen atoms in total. The van der Waals surface area contributed by atoms with E-state index in [1.807, 2.05) is 12.1 Å². The number of hydrogen-bond donors (Lipinski definition) is 1. The smallest absolute Gasteiger partial charge is 0.331 e. The molecule has 0 aliphatic carbocycles. The van der Waals surface area contributed by atoms with Crippen molar-refractivity contribution < 1.29 is 23.5 Å². The molecule has 1 atom stereocenters. The van der Waals surface area contributed by atoms with Gasteiger partial charge < -0.3 is 19.2 Å². The average molecular weight is 401 g/mol. The first kappa shape index (κ1) is 19.4. The molecule has 2 aromatic carbocycles. The first-order valence-electron chi connectivity index (χ1n) is 8.35. The molecule has 3 aromatic rings. The Morgan fingerprint density at radius 2 is 2.04 bits per heavy atom. The number of para-hydroxylation sites is 2. The first-order valence-corrected chi connectivity index (χ1v) is 8.72. The molecule has 0 aliphatic rings. The summed E-state index contributed by atoms with van der Waals surface area (Å²) in [6.07, 6.45) is 1.52. The van der Waals surface area contributed by atoms with Crippen LogP contribution in [0.3, 0.4) is 0 Å². The summed E-state index contributed by atoms with van der Waals surface area (Å²) in [6, 6.07) is 12.0. The second-order valence-electron chi connectivity index (χ2n) is 5.77. The molecule has 1 aromatic heterocycles. The fourth-order valence-electron chi connectivity index (χ4n) is 2.36. The van der Waals surface area contributed by atoms with Crippen LogP contribution in [0.25, 0.3) is 17.2 Å². The van der Waals surface area contributed by atoms with Crippen LogP contribution in [0.2, 0.25) is 5.02 Å². The van der Waals surface area contributed by atoms with E-state index in [2.05, 4.69) is 10.3 Å². The van der Waals surface area contributed by atoms with Gasteiger partial charge in [-0.15, -0.1) is 0 Å². The summed E-state index contributed by atoms with van der Waals surface area (Å²) in [5.74, 6) is -0.436. The topological polar surface area (TPSA) is 90.7 Å². The SMILES string of the molecule is COc1ccc(NC(=O)[C@H](C)OC(=O)/C=C/c2nc3ccccc3o2)cc1Cl. The van der Waals surface area contributed by atoms with Crippen molar-refractivity contribution in [2.24, 2.45) is 0 Å². The van der Waals surface area contributed by atoms with Crippen molar-refractivity contribution in [1.29, 1.82) is 0 Å². The lowest BCUT2D eigenvalue weighted by Crippen LogP contribution is -2.29. The van der Waals surface area contributed by atoms with Crippen LogP contribution in [0.1, 0.15) is 12.8 Å². The fraction of sp³-hybridized carbons (Fsp3) is 0.150. The maximum atomic E-state index is 12.2. The second kappa shape index (κ2) is 8.58. The Kier molecular flexibility index (Phi) is 5.96. The van der Waals surface area contributed by atoms with E-state index < -0.39 is 18.0 Å². The number of esters is 1. The number of carbonyl (C=O) groups excluding carboxylic acids is 2. The molecule has 8 heteroatoms. The van der Waals surface area contributed by atoms with Crippen molar-refractivity contribution in [1.82, 2.24) is 4.98 Å². The first-order chi connectivity index (χ1) is 13.5. The molecule has 0 spiro atoms. The number of methoxy groups -OCH3 is 1. The third-order valence-electron chi connectivity index (χ3n) is 3.75. The molecule has 0 saturated heterocycles. The lowest BCUT2D eigenvalue weighted by Gasteiger charge is -2.13. The summed E-state index contributed by atoms with van der Waals surface area (Å²) >= 11 is 6.02. The maximum absolute atomic E-state index is 12.2. The van der Waals surface area contributed by atoms with Crippen molar-refractivity contribution in [3.8, 4) is 5.75 Å². The Bertz CT molecular complexity index is 1010. The van der Waals surface area contributed by atoms with Gasteiger partial charge in [-0.3, -0.25) is 4.79 Å². The molecule has 1 heterocycles. The minimum absolute atomic E-state index is 0.267. The van der Waals surface area contributed by atoms with Crippen molar-refractivity contribution >= 4 is 46.3 Å². The van der Waals surface area contributed by atoms with Crippen molar-refractivity contribution in [3.05, 3.63) is 59.5 Å². The monoisotopic (exact) mass is 400 g/mol. The van der Waals surface area contributed by atoms with E-state index in [1.165, 1.54) is 20.1 Å². The van der Waals surface area contributed by atoms with Gasteiger partial charge in [-0.25, -0.2) is 9.78 Å². The number of halogens is 1. The maximum Gasteiger partial charge on any atom is 0.331 e. The molecule has 0 saturated carbocycles. The van der Waals surface area contributed by atoms with Crippen LogP contribution >= 0.6 is 11.6 Å². The van der Waals surface area contributed by atoms with Crippen LogP contribution < -0.4 is 10.1 Å². The van der Waals surface area contributed by atoms with Gasteiger partial charge in [0.05, 0.1) is 12.1 Å². The van der Waals surface area contributed by atoms with Gasteiger partial charge in [0, 0.05) is 17.8 Å². The van der Waals surface area contributed by atoms with Gasteiger partial charge in [0.2, 0.25) is 5.89 Å². The number of oxazole rings is 1. The van der Waals surface area contributed by atoms with Gasteiger partial charge >= 0.3 is 5.97 Å². The van der Waals surface area contributed by atoms with Crippen molar-refractivity contribution in [2.75, 3.05) is 12.4 Å². The number of rotatable bonds is 6. The highest BCUT2D eigenvalue weighted by molar-refractivity contribution is 6.32. The molecule has 0 fully saturated rings. The lowest BCUT2D eigenvalue weighted by atomic mass is 10.2. The van der Waals surface area contributed by atoms with E-state index >= 15 is 0 Å². The number of benzene rings is 2. The summed E-state index contributed by atoms with van der Waals surface area (Å²) in [4.78, 5) is 28.3. The van der Waals surface area contributed by atoms with Crippen LogP contribution in [-0.2, 0) is 14.3 Å². The van der Waals surface area contributed by atoms with Gasteiger partial charge in [-0.05, 0) is 37.3 Å². The average Bonchev–Trinajstić information content (AvgIpc) is 3.09. The highest BCUT2D eigenvalue weighted by Gasteiger charge is 2.17. The van der Waals surface area contributed by atoms with Gasteiger partial charge in [-0.1, -0.05) is 23.7 Å². The standard InChI is InChI=1S/C20H17ClN2O5/c1-12(20(25)22-13-7-8-16(26-2)14(21)11-13)27-19(24)10-9-18-23-15-5-3-4-6-17(15)28-18/h3-12H,1-2H3,(H,22,25)/b10-9+/t12-/m0/s1. The minimum Gasteiger partial charge on any atom is -0.495 e. The van der Waals surface area contributed by atoms with Gasteiger partial charge in [-0.2, -0.15) is 0 Å². The van der Waals surface area contributed by atoms with E-state index in [9.17, 15) is 9.59 Å². The third kappa shape index (κ3) is 4.69. The zero-order chi connectivity index (χ0) is 20.1. The van der Waals surface area contributed by atoms with E-state index in [-0.39, 0.29) is 5.89 Å². The normalized spacial score (nSPS) is 12.1. The summed E-state index contributed by atoms with van der Waals surface area (Å²) in [5, 5.41) is 2.97. The summed E-state index contributed by atoms with van der Waals surface area (Å²) in [5.41, 5.74) is 1.75. The highest BCUT2D eigenvalue weighted by atomic mass is 35.5. The molecule has 0 aliphatic heterocycles. The van der Waals surface area contributed by atoms with E-state index in [4.69, 9.17) is 25.5 Å². The van der Waals surface area contributed by atoms with Gasteiger partial charge in [0.25, 0.3) is 5.91 Å².